The highest BCUT2D eigenvalue weighted by Crippen LogP contribution is 2.04. The van der Waals surface area contributed by atoms with Gasteiger partial charge >= 0.3 is 0 Å². The third-order valence-electron chi connectivity index (χ3n) is 3.87. The van der Waals surface area contributed by atoms with Crippen molar-refractivity contribution in [3.8, 4) is 0 Å². The van der Waals surface area contributed by atoms with Crippen molar-refractivity contribution in [3.63, 3.8) is 0 Å². The van der Waals surface area contributed by atoms with Gasteiger partial charge in [0.2, 0.25) is 0 Å². The molecule has 88 valence electrons. The molecule has 0 aliphatic carbocycles. The molecule has 2 heteroatoms. The second kappa shape index (κ2) is 5.46. The van der Waals surface area contributed by atoms with Gasteiger partial charge in [-0.15, -0.1) is 0 Å². The van der Waals surface area contributed by atoms with E-state index in [1.165, 1.54) is 50.4 Å². The minimum absolute atomic E-state index is 1.21. The fourth-order valence-corrected chi connectivity index (χ4v) is 2.57. The Balaban J connectivity index is 1.89. The summed E-state index contributed by atoms with van der Waals surface area (Å²) in [6.45, 7) is 12.4. The summed E-state index contributed by atoms with van der Waals surface area (Å²) in [5.41, 5.74) is 2.97. The Kier molecular flexibility index (Phi) is 3.97. The van der Waals surface area contributed by atoms with Gasteiger partial charge in [0.25, 0.3) is 0 Å². The quantitative estimate of drug-likeness (QED) is 0.666. The number of aryl methyl sites for hydroxylation is 1. The number of likely N-dealkylation sites (N-methyl/N-ethyl adjacent to an activating group) is 1. The van der Waals surface area contributed by atoms with Crippen molar-refractivity contribution >= 4 is 0 Å². The first kappa shape index (κ1) is 11.6. The number of quaternary nitrogens is 2. The summed E-state index contributed by atoms with van der Waals surface area (Å²) in [4.78, 5) is 3.53. The van der Waals surface area contributed by atoms with Gasteiger partial charge in [-0.05, 0) is 19.4 Å². The average Bonchev–Trinajstić information content (AvgIpc) is 2.33. The maximum absolute atomic E-state index is 2.29. The molecule has 0 unspecified atom stereocenters. The van der Waals surface area contributed by atoms with Crippen LogP contribution < -0.4 is 9.80 Å². The van der Waals surface area contributed by atoms with Crippen LogP contribution in [0.15, 0.2) is 24.3 Å². The molecule has 1 saturated heterocycles. The molecule has 1 aromatic carbocycles. The third-order valence-corrected chi connectivity index (χ3v) is 3.87. The minimum atomic E-state index is 1.21. The van der Waals surface area contributed by atoms with Crippen molar-refractivity contribution in [2.24, 2.45) is 0 Å². The van der Waals surface area contributed by atoms with Crippen LogP contribution in [0.3, 0.4) is 0 Å². The van der Waals surface area contributed by atoms with E-state index < -0.39 is 0 Å². The van der Waals surface area contributed by atoms with Crippen molar-refractivity contribution in [2.45, 2.75) is 20.4 Å². The Hall–Kier alpha value is -0.860. The monoisotopic (exact) mass is 220 g/mol. The summed E-state index contributed by atoms with van der Waals surface area (Å²) in [6.07, 6.45) is 0. The Morgan fingerprint density at radius 2 is 1.62 bits per heavy atom. The predicted molar refractivity (Wildman–Crippen MR) is 66.8 cm³/mol. The fourth-order valence-electron chi connectivity index (χ4n) is 2.57. The molecule has 1 aliphatic heterocycles. The lowest BCUT2D eigenvalue weighted by Gasteiger charge is -2.29. The second-order valence-electron chi connectivity index (χ2n) is 4.96. The number of nitrogens with one attached hydrogen (secondary N) is 2. The first-order valence-electron chi connectivity index (χ1n) is 6.51. The van der Waals surface area contributed by atoms with Crippen LogP contribution >= 0.6 is 0 Å². The Labute approximate surface area is 98.9 Å². The molecule has 1 aliphatic rings. The van der Waals surface area contributed by atoms with E-state index in [0.29, 0.717) is 0 Å². The molecule has 16 heavy (non-hydrogen) atoms. The van der Waals surface area contributed by atoms with Crippen LogP contribution in [-0.4, -0.2) is 32.7 Å². The zero-order valence-corrected chi connectivity index (χ0v) is 10.6. The number of piperazine rings is 1. The molecule has 1 heterocycles. The number of benzene rings is 1. The van der Waals surface area contributed by atoms with Gasteiger partial charge in [-0.1, -0.05) is 24.3 Å². The van der Waals surface area contributed by atoms with Gasteiger partial charge in [0.15, 0.2) is 0 Å². The zero-order valence-electron chi connectivity index (χ0n) is 10.6. The van der Waals surface area contributed by atoms with Crippen molar-refractivity contribution in [1.82, 2.24) is 0 Å². The molecule has 1 aromatic rings. The topological polar surface area (TPSA) is 8.88 Å². The van der Waals surface area contributed by atoms with E-state index in [9.17, 15) is 0 Å². The highest BCUT2D eigenvalue weighted by Gasteiger charge is 2.21. The summed E-state index contributed by atoms with van der Waals surface area (Å²) < 4.78 is 0. The van der Waals surface area contributed by atoms with Gasteiger partial charge in [0.1, 0.15) is 32.7 Å². The summed E-state index contributed by atoms with van der Waals surface area (Å²) in [6, 6.07) is 8.80. The van der Waals surface area contributed by atoms with E-state index in [2.05, 4.69) is 38.1 Å². The lowest BCUT2D eigenvalue weighted by molar-refractivity contribution is -1.02. The van der Waals surface area contributed by atoms with Gasteiger partial charge in [0.05, 0.1) is 6.54 Å². The SMILES string of the molecule is CC[NH+]1CC[NH+](Cc2ccccc2C)CC1. The Morgan fingerprint density at radius 3 is 2.25 bits per heavy atom. The smallest absolute Gasteiger partial charge is 0.127 e. The molecule has 0 amide bonds. The van der Waals surface area contributed by atoms with Crippen LogP contribution in [-0.2, 0) is 6.54 Å². The van der Waals surface area contributed by atoms with Gasteiger partial charge < -0.3 is 9.80 Å². The molecule has 0 radical (unpaired) electrons. The molecular weight excluding hydrogens is 196 g/mol. The van der Waals surface area contributed by atoms with Gasteiger partial charge in [-0.25, -0.2) is 0 Å². The lowest BCUT2D eigenvalue weighted by atomic mass is 10.1. The van der Waals surface area contributed by atoms with Crippen LogP contribution in [0, 0.1) is 6.92 Å². The zero-order chi connectivity index (χ0) is 11.4. The standard InChI is InChI=1S/C14H22N2/c1-3-15-8-10-16(11-9-15)12-14-7-5-4-6-13(14)2/h4-7H,3,8-12H2,1-2H3/p+2. The minimum Gasteiger partial charge on any atom is -0.326 e. The van der Waals surface area contributed by atoms with E-state index in [1.807, 2.05) is 0 Å². The molecule has 0 aromatic heterocycles. The van der Waals surface area contributed by atoms with E-state index in [1.54, 1.807) is 9.80 Å². The normalized spacial score (nSPS) is 25.6. The molecule has 0 atom stereocenters. The summed E-state index contributed by atoms with van der Waals surface area (Å²) >= 11 is 0. The number of hydrogen-bond donors (Lipinski definition) is 2. The summed E-state index contributed by atoms with van der Waals surface area (Å²) in [7, 11) is 0. The second-order valence-corrected chi connectivity index (χ2v) is 4.96. The summed E-state index contributed by atoms with van der Waals surface area (Å²) in [5, 5.41) is 0. The molecule has 0 spiro atoms. The van der Waals surface area contributed by atoms with Crippen molar-refractivity contribution in [3.05, 3.63) is 35.4 Å². The average molecular weight is 220 g/mol. The van der Waals surface area contributed by atoms with Crippen molar-refractivity contribution in [1.29, 1.82) is 0 Å². The van der Waals surface area contributed by atoms with Crippen LogP contribution in [0.5, 0.6) is 0 Å². The fraction of sp³-hybridized carbons (Fsp3) is 0.571. The van der Waals surface area contributed by atoms with E-state index in [0.717, 1.165) is 0 Å². The molecule has 1 fully saturated rings. The largest absolute Gasteiger partial charge is 0.326 e. The molecular formula is C14H24N2+2. The highest BCUT2D eigenvalue weighted by atomic mass is 15.3. The first-order valence-corrected chi connectivity index (χ1v) is 6.51. The van der Waals surface area contributed by atoms with Crippen LogP contribution in [0.4, 0.5) is 0 Å². The maximum Gasteiger partial charge on any atom is 0.127 e. The molecule has 2 rings (SSSR count). The Bertz CT molecular complexity index is 327. The Morgan fingerprint density at radius 1 is 1.00 bits per heavy atom. The number of hydrogen-bond acceptors (Lipinski definition) is 0. The molecule has 2 N–H and O–H groups in total. The lowest BCUT2D eigenvalue weighted by Crippen LogP contribution is -3.27. The molecule has 0 bridgehead atoms. The van der Waals surface area contributed by atoms with Gasteiger partial charge in [-0.2, -0.15) is 0 Å². The van der Waals surface area contributed by atoms with Crippen molar-refractivity contribution < 1.29 is 9.80 Å². The van der Waals surface area contributed by atoms with Crippen LogP contribution in [0.1, 0.15) is 18.1 Å². The van der Waals surface area contributed by atoms with Gasteiger partial charge in [-0.3, -0.25) is 0 Å². The van der Waals surface area contributed by atoms with E-state index in [4.69, 9.17) is 0 Å². The van der Waals surface area contributed by atoms with Crippen LogP contribution in [0.2, 0.25) is 0 Å². The van der Waals surface area contributed by atoms with Gasteiger partial charge in [0, 0.05) is 5.56 Å². The predicted octanol–water partition coefficient (Wildman–Crippen LogP) is -0.702. The maximum atomic E-state index is 2.29. The first-order chi connectivity index (χ1) is 7.79. The third kappa shape index (κ3) is 2.83. The van der Waals surface area contributed by atoms with Crippen LogP contribution in [0.25, 0.3) is 0 Å². The van der Waals surface area contributed by atoms with E-state index >= 15 is 0 Å². The van der Waals surface area contributed by atoms with Crippen molar-refractivity contribution in [2.75, 3.05) is 32.7 Å². The summed E-state index contributed by atoms with van der Waals surface area (Å²) in [5.74, 6) is 0. The highest BCUT2D eigenvalue weighted by molar-refractivity contribution is 5.24. The van der Waals surface area contributed by atoms with E-state index in [-0.39, 0.29) is 0 Å². The molecule has 0 saturated carbocycles. The molecule has 2 nitrogen and oxygen atoms in total. The number of rotatable bonds is 3.